The molecule has 2 N–H and O–H groups in total. The second kappa shape index (κ2) is 11.2. The van der Waals surface area contributed by atoms with Gasteiger partial charge in [-0.05, 0) is 49.3 Å². The fourth-order valence-corrected chi connectivity index (χ4v) is 5.27. The SMILES string of the molecule is CCOC(=O)c1c(NC(=S)Nc2ncn(Cc3ccc(Cl)cc3Cl)n2)sc(C)c1-c1ccccc1. The average Bonchev–Trinajstić information content (AvgIpc) is 3.39. The average molecular weight is 547 g/mol. The molecule has 2 aromatic carbocycles. The van der Waals surface area contributed by atoms with Crippen LogP contribution in [0.5, 0.6) is 0 Å². The van der Waals surface area contributed by atoms with Crippen LogP contribution in [0.3, 0.4) is 0 Å². The van der Waals surface area contributed by atoms with Gasteiger partial charge in [0.05, 0.1) is 13.2 Å². The highest BCUT2D eigenvalue weighted by Crippen LogP contribution is 2.40. The number of aryl methyl sites for hydroxylation is 1. The number of hydrogen-bond donors (Lipinski definition) is 2. The van der Waals surface area contributed by atoms with Crippen molar-refractivity contribution in [2.75, 3.05) is 17.2 Å². The summed E-state index contributed by atoms with van der Waals surface area (Å²) < 4.78 is 6.97. The van der Waals surface area contributed by atoms with Gasteiger partial charge in [-0.2, -0.15) is 0 Å². The molecule has 0 bridgehead atoms. The summed E-state index contributed by atoms with van der Waals surface area (Å²) in [4.78, 5) is 18.1. The third-order valence-electron chi connectivity index (χ3n) is 4.96. The molecule has 35 heavy (non-hydrogen) atoms. The zero-order valence-corrected chi connectivity index (χ0v) is 22.0. The zero-order chi connectivity index (χ0) is 24.9. The summed E-state index contributed by atoms with van der Waals surface area (Å²) in [5.74, 6) is -0.106. The first-order valence-corrected chi connectivity index (χ1v) is 12.6. The minimum Gasteiger partial charge on any atom is -0.462 e. The molecule has 180 valence electrons. The minimum atomic E-state index is -0.414. The van der Waals surface area contributed by atoms with Crippen LogP contribution < -0.4 is 10.6 Å². The van der Waals surface area contributed by atoms with Gasteiger partial charge in [-0.25, -0.2) is 14.5 Å². The van der Waals surface area contributed by atoms with Crippen LogP contribution in [0.25, 0.3) is 11.1 Å². The Bertz CT molecular complexity index is 1370. The number of rotatable bonds is 7. The number of benzene rings is 2. The number of carbonyl (C=O) groups is 1. The van der Waals surface area contributed by atoms with Gasteiger partial charge in [-0.1, -0.05) is 59.6 Å². The number of nitrogens with one attached hydrogen (secondary N) is 2. The Balaban J connectivity index is 1.52. The van der Waals surface area contributed by atoms with E-state index in [9.17, 15) is 4.79 Å². The van der Waals surface area contributed by atoms with Crippen LogP contribution in [-0.4, -0.2) is 32.5 Å². The van der Waals surface area contributed by atoms with Gasteiger partial charge in [-0.3, -0.25) is 5.32 Å². The van der Waals surface area contributed by atoms with Gasteiger partial charge in [-0.15, -0.1) is 16.4 Å². The molecule has 0 saturated carbocycles. The molecule has 0 radical (unpaired) electrons. The van der Waals surface area contributed by atoms with Crippen LogP contribution in [0, 0.1) is 6.92 Å². The van der Waals surface area contributed by atoms with Gasteiger partial charge in [0.1, 0.15) is 16.9 Å². The molecular weight excluding hydrogens is 525 g/mol. The zero-order valence-electron chi connectivity index (χ0n) is 18.8. The number of anilines is 2. The van der Waals surface area contributed by atoms with Crippen molar-refractivity contribution in [3.63, 3.8) is 0 Å². The number of ether oxygens (including phenoxy) is 1. The van der Waals surface area contributed by atoms with Crippen LogP contribution in [0.4, 0.5) is 10.9 Å². The molecule has 2 aromatic heterocycles. The van der Waals surface area contributed by atoms with Crippen LogP contribution >= 0.6 is 46.8 Å². The molecule has 4 aromatic rings. The summed E-state index contributed by atoms with van der Waals surface area (Å²) in [5, 5.41) is 12.4. The number of esters is 1. The van der Waals surface area contributed by atoms with E-state index in [4.69, 9.17) is 40.2 Å². The normalized spacial score (nSPS) is 10.7. The first kappa shape index (κ1) is 25.1. The van der Waals surface area contributed by atoms with E-state index >= 15 is 0 Å². The van der Waals surface area contributed by atoms with E-state index in [2.05, 4.69) is 20.7 Å². The van der Waals surface area contributed by atoms with E-state index in [-0.39, 0.29) is 11.7 Å². The van der Waals surface area contributed by atoms with Crippen LogP contribution in [0.1, 0.15) is 27.7 Å². The Morgan fingerprint density at radius 3 is 2.66 bits per heavy atom. The fourth-order valence-electron chi connectivity index (χ4n) is 3.47. The monoisotopic (exact) mass is 545 g/mol. The number of carbonyl (C=O) groups excluding carboxylic acids is 1. The van der Waals surface area contributed by atoms with Crippen molar-refractivity contribution < 1.29 is 9.53 Å². The third-order valence-corrected chi connectivity index (χ3v) is 6.77. The molecule has 2 heterocycles. The Labute approximate surface area is 222 Å². The number of nitrogens with zero attached hydrogens (tertiary/aromatic N) is 3. The molecule has 4 rings (SSSR count). The van der Waals surface area contributed by atoms with Gasteiger partial charge in [0.15, 0.2) is 5.11 Å². The summed E-state index contributed by atoms with van der Waals surface area (Å²) in [5.41, 5.74) is 3.05. The molecule has 0 amide bonds. The van der Waals surface area contributed by atoms with Crippen molar-refractivity contribution in [2.45, 2.75) is 20.4 Å². The lowest BCUT2D eigenvalue weighted by Crippen LogP contribution is -2.21. The summed E-state index contributed by atoms with van der Waals surface area (Å²) in [6.45, 7) is 4.42. The van der Waals surface area contributed by atoms with Gasteiger partial charge in [0.2, 0.25) is 5.95 Å². The first-order chi connectivity index (χ1) is 16.9. The molecule has 0 aliphatic carbocycles. The molecule has 0 atom stereocenters. The van der Waals surface area contributed by atoms with E-state index in [1.54, 1.807) is 30.1 Å². The summed E-state index contributed by atoms with van der Waals surface area (Å²) in [7, 11) is 0. The molecule has 7 nitrogen and oxygen atoms in total. The molecule has 0 aliphatic heterocycles. The standard InChI is InChI=1S/C24H21Cl2N5O2S2/c1-3-33-22(32)20-19(15-7-5-4-6-8-15)14(2)35-21(20)28-24(34)29-23-27-13-31(30-23)12-16-9-10-17(25)11-18(16)26/h4-11,13H,3,12H2,1-2H3,(H2,28,29,30,34). The van der Waals surface area contributed by atoms with Crippen molar-refractivity contribution in [2.24, 2.45) is 0 Å². The second-order valence-corrected chi connectivity index (χ2v) is 9.88. The van der Waals surface area contributed by atoms with Gasteiger partial charge >= 0.3 is 5.97 Å². The maximum absolute atomic E-state index is 12.9. The Morgan fingerprint density at radius 2 is 1.94 bits per heavy atom. The number of thiophene rings is 1. The number of halogens is 2. The van der Waals surface area contributed by atoms with Gasteiger partial charge < -0.3 is 10.1 Å². The Morgan fingerprint density at radius 1 is 1.17 bits per heavy atom. The van der Waals surface area contributed by atoms with Crippen molar-refractivity contribution in [1.29, 1.82) is 0 Å². The highest BCUT2D eigenvalue weighted by Gasteiger charge is 2.25. The molecular formula is C24H21Cl2N5O2S2. The maximum atomic E-state index is 12.9. The predicted octanol–water partition coefficient (Wildman–Crippen LogP) is 6.66. The second-order valence-electron chi connectivity index (χ2n) is 7.40. The highest BCUT2D eigenvalue weighted by atomic mass is 35.5. The largest absolute Gasteiger partial charge is 0.462 e. The molecule has 0 aliphatic rings. The van der Waals surface area contributed by atoms with E-state index in [0.717, 1.165) is 21.6 Å². The lowest BCUT2D eigenvalue weighted by Gasteiger charge is -2.10. The van der Waals surface area contributed by atoms with Crippen molar-refractivity contribution in [3.8, 4) is 11.1 Å². The molecule has 0 unspecified atom stereocenters. The minimum absolute atomic E-state index is 0.249. The van der Waals surface area contributed by atoms with Crippen molar-refractivity contribution in [3.05, 3.63) is 80.9 Å². The molecule has 0 spiro atoms. The van der Waals surface area contributed by atoms with E-state index < -0.39 is 5.97 Å². The highest BCUT2D eigenvalue weighted by molar-refractivity contribution is 7.80. The molecule has 0 fully saturated rings. The number of thiocarbonyl (C=S) groups is 1. The predicted molar refractivity (Wildman–Crippen MR) is 146 cm³/mol. The lowest BCUT2D eigenvalue weighted by molar-refractivity contribution is 0.0529. The summed E-state index contributed by atoms with van der Waals surface area (Å²) in [6, 6.07) is 15.0. The Hall–Kier alpha value is -2.98. The topological polar surface area (TPSA) is 81.1 Å². The van der Waals surface area contributed by atoms with E-state index in [0.29, 0.717) is 33.1 Å². The lowest BCUT2D eigenvalue weighted by atomic mass is 10.0. The van der Waals surface area contributed by atoms with Crippen molar-refractivity contribution >= 4 is 68.8 Å². The smallest absolute Gasteiger partial charge is 0.341 e. The summed E-state index contributed by atoms with van der Waals surface area (Å²) >= 11 is 19.1. The first-order valence-electron chi connectivity index (χ1n) is 10.6. The van der Waals surface area contributed by atoms with Crippen LogP contribution in [0.2, 0.25) is 10.0 Å². The van der Waals surface area contributed by atoms with E-state index in [1.165, 1.54) is 11.3 Å². The van der Waals surface area contributed by atoms with E-state index in [1.807, 2.05) is 43.3 Å². The van der Waals surface area contributed by atoms with Gasteiger partial charge in [0.25, 0.3) is 0 Å². The number of hydrogen-bond acceptors (Lipinski definition) is 6. The number of aromatic nitrogens is 3. The van der Waals surface area contributed by atoms with Crippen LogP contribution in [0.15, 0.2) is 54.9 Å². The molecule has 11 heteroatoms. The Kier molecular flexibility index (Phi) is 8.02. The fraction of sp³-hybridized carbons (Fsp3) is 0.167. The van der Waals surface area contributed by atoms with Crippen molar-refractivity contribution in [1.82, 2.24) is 14.8 Å². The summed E-state index contributed by atoms with van der Waals surface area (Å²) in [6.07, 6.45) is 1.57. The third kappa shape index (κ3) is 5.99. The van der Waals surface area contributed by atoms with Crippen LogP contribution in [-0.2, 0) is 11.3 Å². The maximum Gasteiger partial charge on any atom is 0.341 e. The quantitative estimate of drug-likeness (QED) is 0.198. The molecule has 0 saturated heterocycles. The van der Waals surface area contributed by atoms with Gasteiger partial charge in [0, 0.05) is 20.5 Å².